The van der Waals surface area contributed by atoms with Crippen molar-refractivity contribution in [2.45, 2.75) is 48.6 Å². The molecule has 0 unspecified atom stereocenters. The maximum atomic E-state index is 10.7. The standard InChI is InChI=1S/C16H24N2O9.2ClH/c19-2-4-12(23)15(26)10(17-4)8-6(21)1-7(22)9(14(8)25)11-16(27)13(24)5(3-20)18-11;;/h1,4-5,10-13,15-27H,2-3H2;2*1H/t4-,5+,10-,11-,12-,13-,15-,16-;;/m0../s1. The summed E-state index contributed by atoms with van der Waals surface area (Å²) in [6.45, 7) is -1.01. The van der Waals surface area contributed by atoms with Gasteiger partial charge in [-0.05, 0) is 0 Å². The molecule has 0 aliphatic carbocycles. The third-order valence-electron chi connectivity index (χ3n) is 5.35. The van der Waals surface area contributed by atoms with Crippen LogP contribution in [0.1, 0.15) is 23.2 Å². The van der Waals surface area contributed by atoms with Crippen LogP contribution in [0.5, 0.6) is 17.2 Å². The van der Waals surface area contributed by atoms with Crippen LogP contribution in [0.15, 0.2) is 6.07 Å². The summed E-state index contributed by atoms with van der Waals surface area (Å²) in [5.74, 6) is -1.83. The molecule has 29 heavy (non-hydrogen) atoms. The Hall–Kier alpha value is -1.12. The number of phenols is 3. The summed E-state index contributed by atoms with van der Waals surface area (Å²) in [6, 6.07) is -3.26. The topological polar surface area (TPSA) is 206 Å². The summed E-state index contributed by atoms with van der Waals surface area (Å²) in [5.41, 5.74) is -0.498. The zero-order chi connectivity index (χ0) is 20.0. The van der Waals surface area contributed by atoms with E-state index in [0.717, 1.165) is 6.07 Å². The molecule has 0 bridgehead atoms. The summed E-state index contributed by atoms with van der Waals surface area (Å²) in [6.07, 6.45) is -5.69. The van der Waals surface area contributed by atoms with E-state index in [4.69, 9.17) is 0 Å². The molecule has 0 spiro atoms. The van der Waals surface area contributed by atoms with Crippen molar-refractivity contribution in [1.29, 1.82) is 0 Å². The van der Waals surface area contributed by atoms with Gasteiger partial charge in [-0.15, -0.1) is 24.8 Å². The molecule has 11 N–H and O–H groups in total. The van der Waals surface area contributed by atoms with Gasteiger partial charge in [-0.2, -0.15) is 0 Å². The molecule has 1 aromatic rings. The molecule has 0 amide bonds. The Morgan fingerprint density at radius 3 is 1.28 bits per heavy atom. The maximum Gasteiger partial charge on any atom is 0.132 e. The molecule has 0 radical (unpaired) electrons. The molecule has 0 aromatic heterocycles. The van der Waals surface area contributed by atoms with Crippen molar-refractivity contribution in [2.24, 2.45) is 0 Å². The lowest BCUT2D eigenvalue weighted by molar-refractivity contribution is 0.0180. The van der Waals surface area contributed by atoms with Crippen LogP contribution in [0.4, 0.5) is 0 Å². The summed E-state index contributed by atoms with van der Waals surface area (Å²) in [7, 11) is 0. The number of hydrogen-bond acceptors (Lipinski definition) is 11. The zero-order valence-electron chi connectivity index (χ0n) is 15.0. The lowest BCUT2D eigenvalue weighted by atomic mass is 9.92. The second kappa shape index (κ2) is 9.79. The molecule has 8 atom stereocenters. The van der Waals surface area contributed by atoms with Gasteiger partial charge in [0.15, 0.2) is 0 Å². The average molecular weight is 461 g/mol. The molecule has 13 heteroatoms. The smallest absolute Gasteiger partial charge is 0.132 e. The largest absolute Gasteiger partial charge is 0.507 e. The van der Waals surface area contributed by atoms with Crippen LogP contribution in [0, 0.1) is 0 Å². The van der Waals surface area contributed by atoms with Gasteiger partial charge in [-0.1, -0.05) is 0 Å². The van der Waals surface area contributed by atoms with Crippen LogP contribution in [-0.2, 0) is 0 Å². The summed E-state index contributed by atoms with van der Waals surface area (Å²) < 4.78 is 0. The van der Waals surface area contributed by atoms with Gasteiger partial charge in [0, 0.05) is 6.07 Å². The predicted octanol–water partition coefficient (Wildman–Crippen LogP) is -2.90. The van der Waals surface area contributed by atoms with Crippen molar-refractivity contribution < 1.29 is 46.0 Å². The Morgan fingerprint density at radius 1 is 0.655 bits per heavy atom. The van der Waals surface area contributed by atoms with Crippen LogP contribution in [0.25, 0.3) is 0 Å². The van der Waals surface area contributed by atoms with E-state index in [2.05, 4.69) is 10.6 Å². The van der Waals surface area contributed by atoms with Crippen molar-refractivity contribution in [3.05, 3.63) is 17.2 Å². The highest BCUT2D eigenvalue weighted by Gasteiger charge is 2.47. The first-order valence-electron chi connectivity index (χ1n) is 8.46. The van der Waals surface area contributed by atoms with E-state index in [1.54, 1.807) is 0 Å². The normalized spacial score (nSPS) is 36.5. The number of halogens is 2. The minimum Gasteiger partial charge on any atom is -0.507 e. The molecule has 0 saturated carbocycles. The summed E-state index contributed by atoms with van der Waals surface area (Å²) in [5, 5.41) is 95.3. The Bertz CT molecular complexity index is 659. The predicted molar refractivity (Wildman–Crippen MR) is 103 cm³/mol. The van der Waals surface area contributed by atoms with E-state index >= 15 is 0 Å². The summed E-state index contributed by atoms with van der Waals surface area (Å²) in [4.78, 5) is 0. The number of aromatic hydroxyl groups is 3. The van der Waals surface area contributed by atoms with E-state index in [1.807, 2.05) is 0 Å². The highest BCUT2D eigenvalue weighted by Crippen LogP contribution is 2.48. The second-order valence-electron chi connectivity index (χ2n) is 6.92. The number of aliphatic hydroxyl groups excluding tert-OH is 6. The zero-order valence-corrected chi connectivity index (χ0v) is 16.6. The summed E-state index contributed by atoms with van der Waals surface area (Å²) >= 11 is 0. The molecule has 2 aliphatic heterocycles. The fraction of sp³-hybridized carbons (Fsp3) is 0.625. The van der Waals surface area contributed by atoms with Crippen LogP contribution in [0.3, 0.4) is 0 Å². The lowest BCUT2D eigenvalue weighted by Crippen LogP contribution is -2.35. The molecule has 2 saturated heterocycles. The first kappa shape index (κ1) is 25.9. The van der Waals surface area contributed by atoms with Gasteiger partial charge in [0.1, 0.15) is 29.5 Å². The molecule has 2 fully saturated rings. The number of benzene rings is 1. The van der Waals surface area contributed by atoms with Gasteiger partial charge in [0.25, 0.3) is 0 Å². The monoisotopic (exact) mass is 460 g/mol. The van der Waals surface area contributed by atoms with E-state index in [-0.39, 0.29) is 35.9 Å². The molecule has 3 rings (SSSR count). The van der Waals surface area contributed by atoms with Crippen LogP contribution in [-0.4, -0.2) is 95.7 Å². The minimum absolute atomic E-state index is 0. The first-order chi connectivity index (χ1) is 12.7. The van der Waals surface area contributed by atoms with E-state index in [1.165, 1.54) is 0 Å². The molecular weight excluding hydrogens is 435 g/mol. The SMILES string of the molecule is Cl.Cl.OC[C@@H]1N[C@@H](c2c(O)cc(O)c([C@@H]3N[C@H](CO)[C@H](O)[C@H]3O)c2O)[C@H](O)[C@H]1O. The molecule has 1 aromatic carbocycles. The lowest BCUT2D eigenvalue weighted by Gasteiger charge is -2.24. The fourth-order valence-electron chi connectivity index (χ4n) is 3.84. The van der Waals surface area contributed by atoms with Crippen molar-refractivity contribution in [3.8, 4) is 17.2 Å². The minimum atomic E-state index is -1.48. The van der Waals surface area contributed by atoms with Gasteiger partial charge < -0.3 is 46.0 Å². The van der Waals surface area contributed by atoms with Crippen LogP contribution >= 0.6 is 24.8 Å². The Morgan fingerprint density at radius 2 is 1.00 bits per heavy atom. The second-order valence-corrected chi connectivity index (χ2v) is 6.92. The van der Waals surface area contributed by atoms with Gasteiger partial charge in [-0.3, -0.25) is 10.6 Å². The highest BCUT2D eigenvalue weighted by atomic mass is 35.5. The van der Waals surface area contributed by atoms with Crippen LogP contribution in [0.2, 0.25) is 0 Å². The van der Waals surface area contributed by atoms with Crippen molar-refractivity contribution >= 4 is 24.8 Å². The van der Waals surface area contributed by atoms with Gasteiger partial charge in [0.2, 0.25) is 0 Å². The van der Waals surface area contributed by atoms with E-state index in [9.17, 15) is 46.0 Å². The van der Waals surface area contributed by atoms with Crippen molar-refractivity contribution in [1.82, 2.24) is 10.6 Å². The fourth-order valence-corrected chi connectivity index (χ4v) is 3.84. The van der Waals surface area contributed by atoms with E-state index in [0.29, 0.717) is 0 Å². The number of phenolic OH excluding ortho intramolecular Hbond substituents is 3. The first-order valence-corrected chi connectivity index (χ1v) is 8.46. The van der Waals surface area contributed by atoms with Crippen molar-refractivity contribution in [2.75, 3.05) is 13.2 Å². The molecule has 11 nitrogen and oxygen atoms in total. The van der Waals surface area contributed by atoms with Gasteiger partial charge in [-0.25, -0.2) is 0 Å². The Balaban J connectivity index is 0.00000210. The van der Waals surface area contributed by atoms with Crippen molar-refractivity contribution in [3.63, 3.8) is 0 Å². The third kappa shape index (κ3) is 4.21. The average Bonchev–Trinajstić information content (AvgIpc) is 3.06. The molecule has 168 valence electrons. The molecule has 2 heterocycles. The number of rotatable bonds is 4. The number of nitrogens with one attached hydrogen (secondary N) is 2. The van der Waals surface area contributed by atoms with Gasteiger partial charge in [0.05, 0.1) is 60.7 Å². The van der Waals surface area contributed by atoms with E-state index < -0.39 is 79.0 Å². The number of aliphatic hydroxyl groups is 6. The van der Waals surface area contributed by atoms with Gasteiger partial charge >= 0.3 is 0 Å². The quantitative estimate of drug-likeness (QED) is 0.219. The molecular formula is C16H26Cl2N2O9. The van der Waals surface area contributed by atoms with Crippen LogP contribution < -0.4 is 10.6 Å². The Labute approximate surface area is 178 Å². The Kier molecular flexibility index (Phi) is 8.75. The number of hydrogen-bond donors (Lipinski definition) is 11. The maximum absolute atomic E-state index is 10.7. The molecule has 2 aliphatic rings. The third-order valence-corrected chi connectivity index (χ3v) is 5.35. The highest BCUT2D eigenvalue weighted by molar-refractivity contribution is 5.85.